The van der Waals surface area contributed by atoms with Crippen molar-refractivity contribution >= 4 is 0 Å². The fourth-order valence-electron chi connectivity index (χ4n) is 1.65. The maximum absolute atomic E-state index is 5.74. The highest BCUT2D eigenvalue weighted by Gasteiger charge is 2.40. The van der Waals surface area contributed by atoms with E-state index in [1.807, 2.05) is 0 Å². The second-order valence-electron chi connectivity index (χ2n) is 3.92. The molecule has 2 aliphatic rings. The maximum Gasteiger partial charge on any atom is 0.0984 e. The summed E-state index contributed by atoms with van der Waals surface area (Å²) in [6.07, 6.45) is 4.06. The van der Waals surface area contributed by atoms with Crippen molar-refractivity contribution in [1.82, 2.24) is 0 Å². The lowest BCUT2D eigenvalue weighted by Crippen LogP contribution is -2.57. The third kappa shape index (κ3) is 1.63. The molecule has 3 atom stereocenters. The van der Waals surface area contributed by atoms with Crippen molar-refractivity contribution in [2.75, 3.05) is 13.7 Å². The molecule has 2 N–H and O–H groups in total. The lowest BCUT2D eigenvalue weighted by Gasteiger charge is -2.41. The highest BCUT2D eigenvalue weighted by atomic mass is 16.5. The highest BCUT2D eigenvalue weighted by Crippen LogP contribution is 2.32. The van der Waals surface area contributed by atoms with Gasteiger partial charge in [-0.25, -0.2) is 0 Å². The van der Waals surface area contributed by atoms with Gasteiger partial charge in [-0.1, -0.05) is 0 Å². The Bertz CT molecular complexity index is 159. The number of methoxy groups -OCH3 is 1. The normalized spacial score (nSPS) is 41.0. The van der Waals surface area contributed by atoms with Gasteiger partial charge in [0.1, 0.15) is 0 Å². The van der Waals surface area contributed by atoms with Gasteiger partial charge >= 0.3 is 0 Å². The number of hydrogen-bond donors (Lipinski definition) is 1. The fraction of sp³-hybridized carbons (Fsp3) is 1.00. The Morgan fingerprint density at radius 3 is 2.67 bits per heavy atom. The average molecular weight is 171 g/mol. The molecule has 3 heteroatoms. The van der Waals surface area contributed by atoms with Crippen LogP contribution in [0.5, 0.6) is 0 Å². The Labute approximate surface area is 73.2 Å². The standard InChI is InChI=1S/C9H17NO2/c1-11-9-7(10)4-8(9)12-5-6-2-3-6/h6-9H,2-5,10H2,1H3. The zero-order valence-electron chi connectivity index (χ0n) is 7.53. The molecule has 0 aliphatic heterocycles. The van der Waals surface area contributed by atoms with E-state index in [1.54, 1.807) is 7.11 Å². The molecule has 2 fully saturated rings. The topological polar surface area (TPSA) is 44.5 Å². The number of ether oxygens (including phenoxy) is 2. The summed E-state index contributed by atoms with van der Waals surface area (Å²) >= 11 is 0. The van der Waals surface area contributed by atoms with Crippen LogP contribution in [-0.2, 0) is 9.47 Å². The zero-order valence-corrected chi connectivity index (χ0v) is 7.53. The average Bonchev–Trinajstić information content (AvgIpc) is 2.81. The van der Waals surface area contributed by atoms with Gasteiger partial charge in [0, 0.05) is 19.8 Å². The molecule has 0 spiro atoms. The predicted molar refractivity (Wildman–Crippen MR) is 45.9 cm³/mol. The van der Waals surface area contributed by atoms with E-state index in [1.165, 1.54) is 12.8 Å². The van der Waals surface area contributed by atoms with Crippen LogP contribution in [-0.4, -0.2) is 32.0 Å². The summed E-state index contributed by atoms with van der Waals surface area (Å²) in [5, 5.41) is 0. The number of hydrogen-bond acceptors (Lipinski definition) is 3. The maximum atomic E-state index is 5.74. The van der Waals surface area contributed by atoms with Crippen molar-refractivity contribution < 1.29 is 9.47 Å². The molecule has 3 nitrogen and oxygen atoms in total. The fourth-order valence-corrected chi connectivity index (χ4v) is 1.65. The molecule has 0 aromatic carbocycles. The van der Waals surface area contributed by atoms with Crippen LogP contribution in [0.1, 0.15) is 19.3 Å². The van der Waals surface area contributed by atoms with Crippen LogP contribution in [0.2, 0.25) is 0 Å². The Balaban J connectivity index is 1.66. The van der Waals surface area contributed by atoms with Crippen molar-refractivity contribution in [1.29, 1.82) is 0 Å². The summed E-state index contributed by atoms with van der Waals surface area (Å²) in [6.45, 7) is 0.914. The molecule has 0 heterocycles. The lowest BCUT2D eigenvalue weighted by molar-refractivity contribution is -0.127. The first-order chi connectivity index (χ1) is 5.81. The minimum atomic E-state index is 0.142. The Morgan fingerprint density at radius 2 is 2.17 bits per heavy atom. The molecule has 0 amide bonds. The van der Waals surface area contributed by atoms with Crippen LogP contribution in [0, 0.1) is 5.92 Å². The smallest absolute Gasteiger partial charge is 0.0984 e. The van der Waals surface area contributed by atoms with E-state index in [2.05, 4.69) is 0 Å². The largest absolute Gasteiger partial charge is 0.377 e. The van der Waals surface area contributed by atoms with Crippen molar-refractivity contribution in [3.8, 4) is 0 Å². The van der Waals surface area contributed by atoms with Gasteiger partial charge in [-0.3, -0.25) is 0 Å². The van der Waals surface area contributed by atoms with Gasteiger partial charge in [-0.05, 0) is 25.2 Å². The van der Waals surface area contributed by atoms with Crippen molar-refractivity contribution in [3.63, 3.8) is 0 Å². The van der Waals surface area contributed by atoms with Crippen molar-refractivity contribution in [2.45, 2.75) is 37.5 Å². The van der Waals surface area contributed by atoms with Crippen LogP contribution >= 0.6 is 0 Å². The zero-order chi connectivity index (χ0) is 8.55. The second kappa shape index (κ2) is 3.32. The van der Waals surface area contributed by atoms with E-state index < -0.39 is 0 Å². The first kappa shape index (κ1) is 8.48. The van der Waals surface area contributed by atoms with Crippen LogP contribution < -0.4 is 5.73 Å². The summed E-state index contributed by atoms with van der Waals surface area (Å²) in [6, 6.07) is 0.194. The first-order valence-electron chi connectivity index (χ1n) is 4.71. The molecular formula is C9H17NO2. The molecule has 0 radical (unpaired) electrons. The van der Waals surface area contributed by atoms with Gasteiger partial charge < -0.3 is 15.2 Å². The predicted octanol–water partition coefficient (Wildman–Crippen LogP) is 0.528. The molecule has 0 bridgehead atoms. The van der Waals surface area contributed by atoms with Crippen LogP contribution in [0.4, 0.5) is 0 Å². The molecule has 0 saturated heterocycles. The molecule has 0 aromatic rings. The molecule has 3 unspecified atom stereocenters. The van der Waals surface area contributed by atoms with Crippen LogP contribution in [0.15, 0.2) is 0 Å². The molecule has 70 valence electrons. The summed E-state index contributed by atoms with van der Waals surface area (Å²) in [4.78, 5) is 0. The van der Waals surface area contributed by atoms with E-state index in [4.69, 9.17) is 15.2 Å². The van der Waals surface area contributed by atoms with Gasteiger partial charge in [0.05, 0.1) is 12.2 Å². The van der Waals surface area contributed by atoms with Crippen molar-refractivity contribution in [2.24, 2.45) is 11.7 Å². The number of rotatable bonds is 4. The van der Waals surface area contributed by atoms with E-state index >= 15 is 0 Å². The summed E-state index contributed by atoms with van der Waals surface area (Å²) in [7, 11) is 1.71. The first-order valence-corrected chi connectivity index (χ1v) is 4.71. The molecule has 2 saturated carbocycles. The summed E-state index contributed by atoms with van der Waals surface area (Å²) < 4.78 is 10.9. The summed E-state index contributed by atoms with van der Waals surface area (Å²) in [5.74, 6) is 0.833. The van der Waals surface area contributed by atoms with Gasteiger partial charge in [-0.15, -0.1) is 0 Å². The Morgan fingerprint density at radius 1 is 1.42 bits per heavy atom. The second-order valence-corrected chi connectivity index (χ2v) is 3.92. The minimum absolute atomic E-state index is 0.142. The van der Waals surface area contributed by atoms with Crippen LogP contribution in [0.3, 0.4) is 0 Å². The molecule has 0 aromatic heterocycles. The lowest BCUT2D eigenvalue weighted by atomic mass is 9.86. The van der Waals surface area contributed by atoms with Crippen LogP contribution in [0.25, 0.3) is 0 Å². The SMILES string of the molecule is COC1C(N)CC1OCC1CC1. The summed E-state index contributed by atoms with van der Waals surface area (Å²) in [5.41, 5.74) is 5.74. The third-order valence-electron chi connectivity index (χ3n) is 2.81. The number of nitrogens with two attached hydrogens (primary N) is 1. The van der Waals surface area contributed by atoms with Crippen molar-refractivity contribution in [3.05, 3.63) is 0 Å². The third-order valence-corrected chi connectivity index (χ3v) is 2.81. The minimum Gasteiger partial charge on any atom is -0.377 e. The van der Waals surface area contributed by atoms with E-state index in [0.717, 1.165) is 18.9 Å². The molecule has 12 heavy (non-hydrogen) atoms. The Kier molecular flexibility index (Phi) is 2.35. The monoisotopic (exact) mass is 171 g/mol. The molecule has 2 rings (SSSR count). The van der Waals surface area contributed by atoms with E-state index in [0.29, 0.717) is 0 Å². The Hall–Kier alpha value is -0.120. The van der Waals surface area contributed by atoms with Gasteiger partial charge in [-0.2, -0.15) is 0 Å². The van der Waals surface area contributed by atoms with Gasteiger partial charge in [0.2, 0.25) is 0 Å². The quantitative estimate of drug-likeness (QED) is 0.671. The van der Waals surface area contributed by atoms with Gasteiger partial charge in [0.15, 0.2) is 0 Å². The van der Waals surface area contributed by atoms with E-state index in [9.17, 15) is 0 Å². The van der Waals surface area contributed by atoms with E-state index in [-0.39, 0.29) is 18.2 Å². The van der Waals surface area contributed by atoms with Gasteiger partial charge in [0.25, 0.3) is 0 Å². The molecule has 2 aliphatic carbocycles. The molecular weight excluding hydrogens is 154 g/mol. The highest BCUT2D eigenvalue weighted by molar-refractivity contribution is 4.95.